The van der Waals surface area contributed by atoms with E-state index in [2.05, 4.69) is 60.3 Å². The third kappa shape index (κ3) is 2.49. The maximum Gasteiger partial charge on any atom is 0.0828 e. The van der Waals surface area contributed by atoms with Gasteiger partial charge in [0.1, 0.15) is 0 Å². The fraction of sp³-hybridized carbons (Fsp3) is 0.562. The summed E-state index contributed by atoms with van der Waals surface area (Å²) >= 11 is 1.85. The quantitative estimate of drug-likeness (QED) is 0.864. The van der Waals surface area contributed by atoms with Crippen molar-refractivity contribution in [1.29, 1.82) is 0 Å². The Balaban J connectivity index is 1.89. The minimum atomic E-state index is 0.408. The topological polar surface area (TPSA) is 29.9 Å². The van der Waals surface area contributed by atoms with E-state index >= 15 is 0 Å². The average Bonchev–Trinajstić information content (AvgIpc) is 3.01. The fourth-order valence-corrected chi connectivity index (χ4v) is 3.72. The number of aryl methyl sites for hydroxylation is 1. The van der Waals surface area contributed by atoms with E-state index in [9.17, 15) is 0 Å². The monoisotopic (exact) mass is 289 g/mol. The number of nitrogens with zero attached hydrogens (tertiary/aromatic N) is 2. The standard InChI is InChI=1S/C16H23N3S/c1-10(2)19-12(4)15(11(3)18-19)17-16(13-7-8-13)14-6-5-9-20-14/h5-6,9-10,13,16-17H,7-8H2,1-4H3. The molecule has 0 aromatic carbocycles. The van der Waals surface area contributed by atoms with Gasteiger partial charge in [-0.05, 0) is 57.9 Å². The Bertz CT molecular complexity index is 579. The van der Waals surface area contributed by atoms with Gasteiger partial charge in [-0.3, -0.25) is 4.68 Å². The number of nitrogens with one attached hydrogen (secondary N) is 1. The van der Waals surface area contributed by atoms with Gasteiger partial charge in [0.2, 0.25) is 0 Å². The summed E-state index contributed by atoms with van der Waals surface area (Å²) in [7, 11) is 0. The molecular weight excluding hydrogens is 266 g/mol. The second kappa shape index (κ2) is 5.24. The van der Waals surface area contributed by atoms with Crippen LogP contribution in [0.25, 0.3) is 0 Å². The zero-order valence-electron chi connectivity index (χ0n) is 12.7. The predicted molar refractivity (Wildman–Crippen MR) is 85.5 cm³/mol. The van der Waals surface area contributed by atoms with Gasteiger partial charge in [0.15, 0.2) is 0 Å². The normalized spacial score (nSPS) is 16.6. The van der Waals surface area contributed by atoms with Crippen LogP contribution in [-0.4, -0.2) is 9.78 Å². The van der Waals surface area contributed by atoms with Crippen molar-refractivity contribution >= 4 is 17.0 Å². The summed E-state index contributed by atoms with van der Waals surface area (Å²) in [6.45, 7) is 8.63. The number of aromatic nitrogens is 2. The van der Waals surface area contributed by atoms with Crippen molar-refractivity contribution in [3.8, 4) is 0 Å². The molecule has 1 unspecified atom stereocenters. The van der Waals surface area contributed by atoms with Crippen molar-refractivity contribution in [3.05, 3.63) is 33.8 Å². The SMILES string of the molecule is Cc1nn(C(C)C)c(C)c1NC(c1cccs1)C1CC1. The van der Waals surface area contributed by atoms with Crippen LogP contribution >= 0.6 is 11.3 Å². The number of hydrogen-bond donors (Lipinski definition) is 1. The Morgan fingerprint density at radius 1 is 1.35 bits per heavy atom. The van der Waals surface area contributed by atoms with Crippen molar-refractivity contribution in [1.82, 2.24) is 9.78 Å². The van der Waals surface area contributed by atoms with E-state index in [1.165, 1.54) is 29.1 Å². The van der Waals surface area contributed by atoms with Crippen LogP contribution in [0.5, 0.6) is 0 Å². The number of thiophene rings is 1. The molecule has 0 saturated heterocycles. The molecule has 2 aromatic heterocycles. The molecule has 1 saturated carbocycles. The smallest absolute Gasteiger partial charge is 0.0828 e. The lowest BCUT2D eigenvalue weighted by atomic mass is 10.1. The van der Waals surface area contributed by atoms with Crippen LogP contribution in [0.4, 0.5) is 5.69 Å². The summed E-state index contributed by atoms with van der Waals surface area (Å²) < 4.78 is 2.12. The minimum Gasteiger partial charge on any atom is -0.374 e. The van der Waals surface area contributed by atoms with Gasteiger partial charge < -0.3 is 5.32 Å². The number of anilines is 1. The molecule has 1 aliphatic carbocycles. The molecule has 20 heavy (non-hydrogen) atoms. The molecule has 1 atom stereocenters. The second-order valence-corrected chi connectivity index (χ2v) is 7.04. The van der Waals surface area contributed by atoms with Crippen molar-refractivity contribution in [2.75, 3.05) is 5.32 Å². The third-order valence-electron chi connectivity index (χ3n) is 4.06. The minimum absolute atomic E-state index is 0.408. The molecule has 0 amide bonds. The van der Waals surface area contributed by atoms with Crippen LogP contribution in [0.3, 0.4) is 0 Å². The highest BCUT2D eigenvalue weighted by molar-refractivity contribution is 7.10. The van der Waals surface area contributed by atoms with Gasteiger partial charge >= 0.3 is 0 Å². The molecule has 0 bridgehead atoms. The molecule has 4 heteroatoms. The number of hydrogen-bond acceptors (Lipinski definition) is 3. The first kappa shape index (κ1) is 13.7. The van der Waals surface area contributed by atoms with Gasteiger partial charge in [-0.1, -0.05) is 6.07 Å². The van der Waals surface area contributed by atoms with E-state index in [1.807, 2.05) is 11.3 Å². The zero-order chi connectivity index (χ0) is 14.3. The molecule has 3 nitrogen and oxygen atoms in total. The molecule has 2 heterocycles. The number of rotatable bonds is 5. The average molecular weight is 289 g/mol. The highest BCUT2D eigenvalue weighted by Crippen LogP contribution is 2.44. The molecule has 0 aliphatic heterocycles. The summed E-state index contributed by atoms with van der Waals surface area (Å²) in [5, 5.41) is 10.6. The summed E-state index contributed by atoms with van der Waals surface area (Å²) in [5.41, 5.74) is 3.59. The highest BCUT2D eigenvalue weighted by atomic mass is 32.1. The summed E-state index contributed by atoms with van der Waals surface area (Å²) in [6.07, 6.45) is 2.68. The first-order valence-corrected chi connectivity index (χ1v) is 8.31. The fourth-order valence-electron chi connectivity index (χ4n) is 2.85. The summed E-state index contributed by atoms with van der Waals surface area (Å²) in [4.78, 5) is 1.45. The largest absolute Gasteiger partial charge is 0.374 e. The molecule has 1 aliphatic rings. The van der Waals surface area contributed by atoms with Crippen LogP contribution in [0, 0.1) is 19.8 Å². The van der Waals surface area contributed by atoms with Crippen LogP contribution < -0.4 is 5.32 Å². The third-order valence-corrected chi connectivity index (χ3v) is 5.01. The maximum atomic E-state index is 4.68. The molecule has 0 radical (unpaired) electrons. The zero-order valence-corrected chi connectivity index (χ0v) is 13.5. The Labute approximate surface area is 125 Å². The molecule has 0 spiro atoms. The van der Waals surface area contributed by atoms with Crippen molar-refractivity contribution in [3.63, 3.8) is 0 Å². The van der Waals surface area contributed by atoms with E-state index in [4.69, 9.17) is 0 Å². The predicted octanol–water partition coefficient (Wildman–Crippen LogP) is 4.71. The van der Waals surface area contributed by atoms with E-state index in [-0.39, 0.29) is 0 Å². The van der Waals surface area contributed by atoms with Crippen LogP contribution in [0.2, 0.25) is 0 Å². The van der Waals surface area contributed by atoms with Gasteiger partial charge in [-0.2, -0.15) is 5.10 Å². The van der Waals surface area contributed by atoms with Crippen molar-refractivity contribution < 1.29 is 0 Å². The summed E-state index contributed by atoms with van der Waals surface area (Å²) in [6, 6.07) is 5.26. The Morgan fingerprint density at radius 2 is 2.10 bits per heavy atom. The molecule has 108 valence electrons. The van der Waals surface area contributed by atoms with E-state index in [0.717, 1.165) is 11.6 Å². The first-order valence-electron chi connectivity index (χ1n) is 7.43. The van der Waals surface area contributed by atoms with Gasteiger partial charge in [0.25, 0.3) is 0 Å². The Morgan fingerprint density at radius 3 is 2.60 bits per heavy atom. The highest BCUT2D eigenvalue weighted by Gasteiger charge is 2.34. The lowest BCUT2D eigenvalue weighted by molar-refractivity contribution is 0.516. The van der Waals surface area contributed by atoms with Crippen LogP contribution in [0.1, 0.15) is 55.0 Å². The first-order chi connectivity index (χ1) is 9.58. The van der Waals surface area contributed by atoms with Crippen molar-refractivity contribution in [2.45, 2.75) is 52.6 Å². The lowest BCUT2D eigenvalue weighted by Gasteiger charge is -2.19. The van der Waals surface area contributed by atoms with Gasteiger partial charge in [0.05, 0.1) is 23.1 Å². The Kier molecular flexibility index (Phi) is 3.59. The van der Waals surface area contributed by atoms with E-state index < -0.39 is 0 Å². The molecule has 1 N–H and O–H groups in total. The Hall–Kier alpha value is -1.29. The molecule has 2 aromatic rings. The van der Waals surface area contributed by atoms with Gasteiger partial charge in [0, 0.05) is 10.9 Å². The molecule has 3 rings (SSSR count). The maximum absolute atomic E-state index is 4.68. The van der Waals surface area contributed by atoms with Gasteiger partial charge in [-0.25, -0.2) is 0 Å². The van der Waals surface area contributed by atoms with E-state index in [0.29, 0.717) is 12.1 Å². The van der Waals surface area contributed by atoms with Crippen molar-refractivity contribution in [2.24, 2.45) is 5.92 Å². The molecule has 1 fully saturated rings. The van der Waals surface area contributed by atoms with E-state index in [1.54, 1.807) is 0 Å². The van der Waals surface area contributed by atoms with Crippen LogP contribution in [0.15, 0.2) is 17.5 Å². The summed E-state index contributed by atoms with van der Waals surface area (Å²) in [5.74, 6) is 0.787. The lowest BCUT2D eigenvalue weighted by Crippen LogP contribution is -2.13. The second-order valence-electron chi connectivity index (χ2n) is 6.06. The van der Waals surface area contributed by atoms with Crippen LogP contribution in [-0.2, 0) is 0 Å². The van der Waals surface area contributed by atoms with Gasteiger partial charge in [-0.15, -0.1) is 11.3 Å². The molecular formula is C16H23N3S.